The number of rotatable bonds is 7. The molecular weight excluding hydrogens is 320 g/mol. The van der Waals surface area contributed by atoms with Crippen molar-refractivity contribution in [3.63, 3.8) is 0 Å². The minimum atomic E-state index is -0.600. The molecule has 0 bridgehead atoms. The van der Waals surface area contributed by atoms with Gasteiger partial charge in [0.2, 0.25) is 0 Å². The number of nitrogens with one attached hydrogen (secondary N) is 2. The Kier molecular flexibility index (Phi) is 6.54. The number of aliphatic hydroxyl groups excluding tert-OH is 1. The van der Waals surface area contributed by atoms with Crippen molar-refractivity contribution < 1.29 is 19.4 Å². The number of esters is 1. The molecular formula is C19H22N2O4. The van der Waals surface area contributed by atoms with Crippen LogP contribution in [0.4, 0.5) is 11.4 Å². The van der Waals surface area contributed by atoms with E-state index in [2.05, 4.69) is 10.6 Å². The Hall–Kier alpha value is -2.86. The largest absolute Gasteiger partial charge is 0.452 e. The van der Waals surface area contributed by atoms with Crippen LogP contribution in [-0.4, -0.2) is 36.7 Å². The number of aryl methyl sites for hydroxylation is 1. The first-order chi connectivity index (χ1) is 12.0. The highest BCUT2D eigenvalue weighted by atomic mass is 16.5. The van der Waals surface area contributed by atoms with Crippen molar-refractivity contribution in [2.45, 2.75) is 13.8 Å². The van der Waals surface area contributed by atoms with Gasteiger partial charge in [0.1, 0.15) is 0 Å². The molecule has 0 aliphatic rings. The lowest BCUT2D eigenvalue weighted by molar-refractivity contribution is -0.119. The van der Waals surface area contributed by atoms with Crippen LogP contribution in [0.25, 0.3) is 0 Å². The fraction of sp³-hybridized carbons (Fsp3) is 0.263. The Morgan fingerprint density at radius 3 is 2.52 bits per heavy atom. The van der Waals surface area contributed by atoms with Crippen LogP contribution in [0, 0.1) is 13.8 Å². The van der Waals surface area contributed by atoms with E-state index in [1.54, 1.807) is 30.3 Å². The summed E-state index contributed by atoms with van der Waals surface area (Å²) in [5.41, 5.74) is 3.61. The van der Waals surface area contributed by atoms with E-state index in [9.17, 15) is 9.59 Å². The minimum Gasteiger partial charge on any atom is -0.452 e. The van der Waals surface area contributed by atoms with Crippen LogP contribution >= 0.6 is 0 Å². The van der Waals surface area contributed by atoms with E-state index in [1.165, 1.54) is 0 Å². The number of ether oxygens (including phenoxy) is 1. The van der Waals surface area contributed by atoms with Crippen molar-refractivity contribution in [1.82, 2.24) is 0 Å². The Labute approximate surface area is 146 Å². The smallest absolute Gasteiger partial charge is 0.340 e. The van der Waals surface area contributed by atoms with E-state index in [1.807, 2.05) is 26.0 Å². The molecule has 0 heterocycles. The summed E-state index contributed by atoms with van der Waals surface area (Å²) >= 11 is 0. The molecule has 6 nitrogen and oxygen atoms in total. The van der Waals surface area contributed by atoms with Crippen molar-refractivity contribution in [1.29, 1.82) is 0 Å². The zero-order valence-corrected chi connectivity index (χ0v) is 14.3. The van der Waals surface area contributed by atoms with Crippen LogP contribution in [0.2, 0.25) is 0 Å². The third-order valence-electron chi connectivity index (χ3n) is 3.79. The van der Waals surface area contributed by atoms with Crippen molar-refractivity contribution in [3.8, 4) is 0 Å². The number of carbonyl (C=O) groups is 2. The molecule has 0 saturated carbocycles. The number of hydrogen-bond acceptors (Lipinski definition) is 5. The summed E-state index contributed by atoms with van der Waals surface area (Å²) in [7, 11) is 0. The molecule has 0 saturated heterocycles. The topological polar surface area (TPSA) is 87.7 Å². The fourth-order valence-electron chi connectivity index (χ4n) is 2.29. The molecule has 0 aliphatic carbocycles. The van der Waals surface area contributed by atoms with Gasteiger partial charge in [0.05, 0.1) is 12.2 Å². The van der Waals surface area contributed by atoms with Crippen molar-refractivity contribution in [2.24, 2.45) is 0 Å². The van der Waals surface area contributed by atoms with E-state index < -0.39 is 11.9 Å². The van der Waals surface area contributed by atoms with Gasteiger partial charge in [-0.2, -0.15) is 0 Å². The predicted octanol–water partition coefficient (Wildman–Crippen LogP) is 2.50. The lowest BCUT2D eigenvalue weighted by Gasteiger charge is -2.12. The first-order valence-corrected chi connectivity index (χ1v) is 8.00. The zero-order valence-electron chi connectivity index (χ0n) is 14.3. The molecule has 6 heteroatoms. The standard InChI is InChI=1S/C19H22N2O4/c1-13-6-5-9-16(14(13)2)21-18(23)12-25-19(24)15-7-3-4-8-17(15)20-10-11-22/h3-9,20,22H,10-12H2,1-2H3,(H,21,23). The summed E-state index contributed by atoms with van der Waals surface area (Å²) in [6.07, 6.45) is 0. The molecule has 0 spiro atoms. The average molecular weight is 342 g/mol. The van der Waals surface area contributed by atoms with Gasteiger partial charge in [-0.1, -0.05) is 24.3 Å². The normalized spacial score (nSPS) is 10.2. The third kappa shape index (κ3) is 5.06. The molecule has 0 aliphatic heterocycles. The SMILES string of the molecule is Cc1cccc(NC(=O)COC(=O)c2ccccc2NCCO)c1C. The van der Waals surface area contributed by atoms with Gasteiger partial charge in [-0.25, -0.2) is 4.79 Å². The maximum atomic E-state index is 12.2. The number of carbonyl (C=O) groups excluding carboxylic acids is 2. The second-order valence-corrected chi connectivity index (χ2v) is 5.57. The Morgan fingerprint density at radius 2 is 1.76 bits per heavy atom. The summed E-state index contributed by atoms with van der Waals surface area (Å²) in [5, 5.41) is 14.6. The highest BCUT2D eigenvalue weighted by molar-refractivity contribution is 5.98. The molecule has 0 atom stereocenters. The van der Waals surface area contributed by atoms with Gasteiger partial charge in [-0.3, -0.25) is 4.79 Å². The van der Waals surface area contributed by atoms with Crippen molar-refractivity contribution in [2.75, 3.05) is 30.4 Å². The van der Waals surface area contributed by atoms with Crippen LogP contribution in [-0.2, 0) is 9.53 Å². The third-order valence-corrected chi connectivity index (χ3v) is 3.79. The number of hydrogen-bond donors (Lipinski definition) is 3. The van der Waals surface area contributed by atoms with E-state index in [0.717, 1.165) is 11.1 Å². The average Bonchev–Trinajstić information content (AvgIpc) is 2.62. The molecule has 0 radical (unpaired) electrons. The molecule has 2 aromatic rings. The summed E-state index contributed by atoms with van der Waals surface area (Å²) < 4.78 is 5.10. The summed E-state index contributed by atoms with van der Waals surface area (Å²) in [6, 6.07) is 12.4. The molecule has 1 amide bonds. The highest BCUT2D eigenvalue weighted by Gasteiger charge is 2.14. The molecule has 0 unspecified atom stereocenters. The second-order valence-electron chi connectivity index (χ2n) is 5.57. The van der Waals surface area contributed by atoms with Crippen LogP contribution in [0.1, 0.15) is 21.5 Å². The summed E-state index contributed by atoms with van der Waals surface area (Å²) in [5.74, 6) is -1.000. The van der Waals surface area contributed by atoms with Crippen LogP contribution in [0.3, 0.4) is 0 Å². The summed E-state index contributed by atoms with van der Waals surface area (Å²) in [4.78, 5) is 24.2. The van der Waals surface area contributed by atoms with Crippen LogP contribution in [0.5, 0.6) is 0 Å². The number of amides is 1. The van der Waals surface area contributed by atoms with Gasteiger partial charge in [0.25, 0.3) is 5.91 Å². The van der Waals surface area contributed by atoms with Gasteiger partial charge >= 0.3 is 5.97 Å². The van der Waals surface area contributed by atoms with E-state index >= 15 is 0 Å². The Morgan fingerprint density at radius 1 is 1.04 bits per heavy atom. The molecule has 132 valence electrons. The second kappa shape index (κ2) is 8.84. The maximum Gasteiger partial charge on any atom is 0.340 e. The first kappa shape index (κ1) is 18.5. The highest BCUT2D eigenvalue weighted by Crippen LogP contribution is 2.18. The van der Waals surface area contributed by atoms with Crippen LogP contribution in [0.15, 0.2) is 42.5 Å². The molecule has 0 fully saturated rings. The molecule has 2 aromatic carbocycles. The van der Waals surface area contributed by atoms with Gasteiger partial charge in [0.15, 0.2) is 6.61 Å². The first-order valence-electron chi connectivity index (χ1n) is 8.00. The monoisotopic (exact) mass is 342 g/mol. The Bertz CT molecular complexity index is 759. The lowest BCUT2D eigenvalue weighted by Crippen LogP contribution is -2.22. The maximum absolute atomic E-state index is 12.2. The quantitative estimate of drug-likeness (QED) is 0.673. The molecule has 0 aromatic heterocycles. The van der Waals surface area contributed by atoms with Gasteiger partial charge < -0.3 is 20.5 Å². The molecule has 3 N–H and O–H groups in total. The molecule has 25 heavy (non-hydrogen) atoms. The van der Waals surface area contributed by atoms with E-state index in [-0.39, 0.29) is 13.2 Å². The predicted molar refractivity (Wildman–Crippen MR) is 96.8 cm³/mol. The van der Waals surface area contributed by atoms with Crippen LogP contribution < -0.4 is 10.6 Å². The molecule has 2 rings (SSSR count). The Balaban J connectivity index is 1.96. The summed E-state index contributed by atoms with van der Waals surface area (Å²) in [6.45, 7) is 3.76. The number of para-hydroxylation sites is 1. The van der Waals surface area contributed by atoms with Crippen molar-refractivity contribution in [3.05, 3.63) is 59.2 Å². The lowest BCUT2D eigenvalue weighted by atomic mass is 10.1. The van der Waals surface area contributed by atoms with Crippen molar-refractivity contribution >= 4 is 23.3 Å². The fourth-order valence-corrected chi connectivity index (χ4v) is 2.29. The van der Waals surface area contributed by atoms with Gasteiger partial charge in [-0.05, 0) is 43.2 Å². The number of anilines is 2. The van der Waals surface area contributed by atoms with E-state index in [4.69, 9.17) is 9.84 Å². The number of benzene rings is 2. The number of aliphatic hydroxyl groups is 1. The van der Waals surface area contributed by atoms with E-state index in [0.29, 0.717) is 23.5 Å². The zero-order chi connectivity index (χ0) is 18.2. The minimum absolute atomic E-state index is 0.0539. The van der Waals surface area contributed by atoms with Gasteiger partial charge in [0, 0.05) is 17.9 Å². The van der Waals surface area contributed by atoms with Gasteiger partial charge in [-0.15, -0.1) is 0 Å².